The largest absolute Gasteiger partial charge is 0.492 e. The number of nitrogens with zero attached hydrogens (tertiary/aromatic N) is 1. The monoisotopic (exact) mass is 609 g/mol. The summed E-state index contributed by atoms with van der Waals surface area (Å²) in [5.74, 6) is 1.34. The molecule has 1 fully saturated rings. The number of hydrogen-bond donors (Lipinski definition) is 0. The Morgan fingerprint density at radius 3 is 2.51 bits per heavy atom. The molecule has 3 aromatic carbocycles. The Balaban J connectivity index is 1.22. The molecule has 8 nitrogen and oxygen atoms in total. The highest BCUT2D eigenvalue weighted by Crippen LogP contribution is 2.45. The standard InChI is InChI=1S/C33H36FNO7S/c1-19-13-24(41-23-11-12-35(17-23)43(4,37)38)14-20(2)32(19)26-7-9-28(34)33-27(26)8-10-29(33)42-22-5-6-25-21(15-31(36)39-3)18-40-30(25)16-22/h5-7,9,13-14,16,21,23,29H,8,10-12,15,17-18H2,1-4H3/t21-,23-,29-/m1/s1. The van der Waals surface area contributed by atoms with Gasteiger partial charge in [-0.3, -0.25) is 4.79 Å². The summed E-state index contributed by atoms with van der Waals surface area (Å²) in [6.07, 6.45) is 2.80. The lowest BCUT2D eigenvalue weighted by Gasteiger charge is -2.20. The molecule has 0 unspecified atom stereocenters. The van der Waals surface area contributed by atoms with Crippen LogP contribution in [0.1, 0.15) is 59.1 Å². The maximum atomic E-state index is 15.4. The zero-order valence-electron chi connectivity index (χ0n) is 24.8. The van der Waals surface area contributed by atoms with E-state index in [1.807, 2.05) is 50.2 Å². The van der Waals surface area contributed by atoms with Crippen molar-refractivity contribution in [1.82, 2.24) is 4.31 Å². The van der Waals surface area contributed by atoms with Gasteiger partial charge >= 0.3 is 5.97 Å². The van der Waals surface area contributed by atoms with Crippen LogP contribution in [0.2, 0.25) is 0 Å². The molecular weight excluding hydrogens is 573 g/mol. The number of rotatable bonds is 8. The second-order valence-corrected chi connectivity index (χ2v) is 13.7. The summed E-state index contributed by atoms with van der Waals surface area (Å²) in [4.78, 5) is 11.8. The molecule has 0 aromatic heterocycles. The molecule has 3 aromatic rings. The van der Waals surface area contributed by atoms with Crippen LogP contribution in [0.5, 0.6) is 17.2 Å². The fourth-order valence-corrected chi connectivity index (χ4v) is 7.55. The Labute approximate surface area is 251 Å². The molecule has 2 aliphatic heterocycles. The molecule has 3 atom stereocenters. The highest BCUT2D eigenvalue weighted by Gasteiger charge is 2.33. The molecule has 43 heavy (non-hydrogen) atoms. The molecular formula is C33H36FNO7S. The summed E-state index contributed by atoms with van der Waals surface area (Å²) in [7, 11) is -1.86. The number of sulfonamides is 1. The van der Waals surface area contributed by atoms with E-state index in [1.54, 1.807) is 0 Å². The highest BCUT2D eigenvalue weighted by atomic mass is 32.2. The van der Waals surface area contributed by atoms with Gasteiger partial charge in [-0.2, -0.15) is 4.31 Å². The average molecular weight is 610 g/mol. The number of hydrogen-bond acceptors (Lipinski definition) is 7. The Kier molecular flexibility index (Phi) is 7.85. The molecule has 1 aliphatic carbocycles. The van der Waals surface area contributed by atoms with Crippen LogP contribution in [0.15, 0.2) is 42.5 Å². The van der Waals surface area contributed by atoms with Crippen molar-refractivity contribution in [2.75, 3.05) is 33.1 Å². The number of ether oxygens (including phenoxy) is 4. The van der Waals surface area contributed by atoms with E-state index in [0.717, 1.165) is 33.4 Å². The summed E-state index contributed by atoms with van der Waals surface area (Å²) in [5, 5.41) is 0. The van der Waals surface area contributed by atoms with Crippen molar-refractivity contribution in [3.05, 3.63) is 76.1 Å². The number of esters is 1. The van der Waals surface area contributed by atoms with E-state index in [-0.39, 0.29) is 30.2 Å². The lowest BCUT2D eigenvalue weighted by Crippen LogP contribution is -2.29. The average Bonchev–Trinajstić information content (AvgIpc) is 3.69. The molecule has 2 heterocycles. The van der Waals surface area contributed by atoms with Gasteiger partial charge in [0, 0.05) is 29.7 Å². The number of carbonyl (C=O) groups excluding carboxylic acids is 1. The summed E-state index contributed by atoms with van der Waals surface area (Å²) in [5.41, 5.74) is 6.49. The predicted octanol–water partition coefficient (Wildman–Crippen LogP) is 5.63. The first-order chi connectivity index (χ1) is 20.5. The smallest absolute Gasteiger partial charge is 0.306 e. The normalized spacial score (nSPS) is 21.3. The molecule has 6 rings (SSSR count). The number of carbonyl (C=O) groups is 1. The summed E-state index contributed by atoms with van der Waals surface area (Å²) in [6.45, 7) is 5.24. The van der Waals surface area contributed by atoms with Crippen LogP contribution in [0.3, 0.4) is 0 Å². The fraction of sp³-hybridized carbons (Fsp3) is 0.424. The minimum atomic E-state index is -3.24. The van der Waals surface area contributed by atoms with Crippen LogP contribution < -0.4 is 14.2 Å². The van der Waals surface area contributed by atoms with Gasteiger partial charge in [0.05, 0.1) is 32.9 Å². The van der Waals surface area contributed by atoms with Crippen molar-refractivity contribution in [1.29, 1.82) is 0 Å². The molecule has 0 amide bonds. The van der Waals surface area contributed by atoms with Crippen LogP contribution >= 0.6 is 0 Å². The lowest BCUT2D eigenvalue weighted by atomic mass is 9.90. The van der Waals surface area contributed by atoms with Gasteiger partial charge in [-0.25, -0.2) is 12.8 Å². The van der Waals surface area contributed by atoms with E-state index in [1.165, 1.54) is 23.7 Å². The highest BCUT2D eigenvalue weighted by molar-refractivity contribution is 7.88. The third-order valence-corrected chi connectivity index (χ3v) is 9.99. The minimum absolute atomic E-state index is 0.0627. The topological polar surface area (TPSA) is 91.4 Å². The van der Waals surface area contributed by atoms with Gasteiger partial charge in [0.2, 0.25) is 10.0 Å². The first-order valence-corrected chi connectivity index (χ1v) is 16.4. The predicted molar refractivity (Wildman–Crippen MR) is 160 cm³/mol. The zero-order valence-corrected chi connectivity index (χ0v) is 25.6. The molecule has 1 saturated heterocycles. The first kappa shape index (κ1) is 29.4. The van der Waals surface area contributed by atoms with Gasteiger partial charge in [-0.05, 0) is 85.2 Å². The molecule has 0 bridgehead atoms. The van der Waals surface area contributed by atoms with Crippen molar-refractivity contribution in [3.63, 3.8) is 0 Å². The van der Waals surface area contributed by atoms with Crippen molar-refractivity contribution < 1.29 is 36.6 Å². The third kappa shape index (κ3) is 5.82. The number of fused-ring (bicyclic) bond motifs is 2. The third-order valence-electron chi connectivity index (χ3n) is 8.72. The molecule has 3 aliphatic rings. The van der Waals surface area contributed by atoms with E-state index in [4.69, 9.17) is 18.9 Å². The SMILES string of the molecule is COC(=O)C[C@@H]1COc2cc(O[C@@H]3CCc4c(-c5c(C)cc(O[C@@H]6CCN(S(C)(=O)=O)C6)cc5C)ccc(F)c43)ccc21. The van der Waals surface area contributed by atoms with Crippen molar-refractivity contribution in [3.8, 4) is 28.4 Å². The maximum absolute atomic E-state index is 15.4. The number of halogens is 1. The van der Waals surface area contributed by atoms with Gasteiger partial charge in [-0.1, -0.05) is 12.1 Å². The Hall–Kier alpha value is -3.63. The van der Waals surface area contributed by atoms with Gasteiger partial charge in [0.15, 0.2) is 0 Å². The number of benzene rings is 3. The van der Waals surface area contributed by atoms with E-state index in [9.17, 15) is 13.2 Å². The maximum Gasteiger partial charge on any atom is 0.306 e. The summed E-state index contributed by atoms with van der Waals surface area (Å²) >= 11 is 0. The Bertz CT molecular complexity index is 1670. The van der Waals surface area contributed by atoms with Crippen LogP contribution in [-0.2, 0) is 26.0 Å². The number of aryl methyl sites for hydroxylation is 2. The van der Waals surface area contributed by atoms with Crippen LogP contribution in [-0.4, -0.2) is 57.9 Å². The molecule has 0 saturated carbocycles. The fourth-order valence-electron chi connectivity index (χ4n) is 6.68. The molecule has 0 radical (unpaired) electrons. The Morgan fingerprint density at radius 2 is 1.81 bits per heavy atom. The van der Waals surface area contributed by atoms with Crippen molar-refractivity contribution in [2.24, 2.45) is 0 Å². The summed E-state index contributed by atoms with van der Waals surface area (Å²) in [6, 6.07) is 12.9. The molecule has 0 N–H and O–H groups in total. The van der Waals surface area contributed by atoms with Crippen molar-refractivity contribution >= 4 is 16.0 Å². The number of methoxy groups -OCH3 is 1. The summed E-state index contributed by atoms with van der Waals surface area (Å²) < 4.78 is 63.8. The first-order valence-electron chi connectivity index (χ1n) is 14.6. The van der Waals surface area contributed by atoms with Crippen LogP contribution in [0.4, 0.5) is 4.39 Å². The minimum Gasteiger partial charge on any atom is -0.492 e. The Morgan fingerprint density at radius 1 is 1.05 bits per heavy atom. The quantitative estimate of drug-likeness (QED) is 0.306. The molecule has 10 heteroatoms. The molecule has 228 valence electrons. The van der Waals surface area contributed by atoms with Gasteiger partial charge in [0.1, 0.15) is 35.3 Å². The second kappa shape index (κ2) is 11.5. The van der Waals surface area contributed by atoms with E-state index in [2.05, 4.69) is 0 Å². The van der Waals surface area contributed by atoms with E-state index >= 15 is 4.39 Å². The zero-order chi connectivity index (χ0) is 30.5. The van der Waals surface area contributed by atoms with E-state index < -0.39 is 16.1 Å². The molecule has 0 spiro atoms. The van der Waals surface area contributed by atoms with Gasteiger partial charge in [-0.15, -0.1) is 0 Å². The van der Waals surface area contributed by atoms with Gasteiger partial charge in [0.25, 0.3) is 0 Å². The van der Waals surface area contributed by atoms with Crippen LogP contribution in [0, 0.1) is 19.7 Å². The second-order valence-electron chi connectivity index (χ2n) is 11.7. The van der Waals surface area contributed by atoms with E-state index in [0.29, 0.717) is 61.8 Å². The lowest BCUT2D eigenvalue weighted by molar-refractivity contribution is -0.141. The van der Waals surface area contributed by atoms with Gasteiger partial charge < -0.3 is 18.9 Å². The van der Waals surface area contributed by atoms with Crippen LogP contribution in [0.25, 0.3) is 11.1 Å². The van der Waals surface area contributed by atoms with Crippen molar-refractivity contribution in [2.45, 2.75) is 57.7 Å².